The molecule has 1 aliphatic carbocycles. The van der Waals surface area contributed by atoms with Gasteiger partial charge in [-0.05, 0) is 82.5 Å². The number of pyridine rings is 1. The third kappa shape index (κ3) is 6.70. The fourth-order valence-corrected chi connectivity index (χ4v) is 5.74. The van der Waals surface area contributed by atoms with E-state index in [0.717, 1.165) is 74.8 Å². The zero-order valence-electron chi connectivity index (χ0n) is 22.9. The number of nitrogens with one attached hydrogen (secondary N) is 1. The molecule has 7 nitrogen and oxygen atoms in total. The number of aryl methyl sites for hydroxylation is 1. The first-order valence-corrected chi connectivity index (χ1v) is 14.0. The van der Waals surface area contributed by atoms with Crippen LogP contribution in [0.2, 0.25) is 0 Å². The number of aromatic nitrogens is 3. The lowest BCUT2D eigenvalue weighted by molar-refractivity contribution is 0.0921. The zero-order valence-corrected chi connectivity index (χ0v) is 22.9. The summed E-state index contributed by atoms with van der Waals surface area (Å²) in [5, 5.41) is 8.60. The SMILES string of the molecule is Cn1cc2c(C(=O)NC3CCC(CCN4CCc5ccc(OCC(C)(C)F)nc5CC4)CC3)cccc2n1. The monoisotopic (exact) mass is 521 g/mol. The van der Waals surface area contributed by atoms with Crippen LogP contribution in [0.15, 0.2) is 36.5 Å². The van der Waals surface area contributed by atoms with Gasteiger partial charge in [-0.1, -0.05) is 12.1 Å². The second-order valence-corrected chi connectivity index (χ2v) is 11.6. The average molecular weight is 522 g/mol. The molecule has 3 aromatic rings. The van der Waals surface area contributed by atoms with Crippen molar-refractivity contribution in [2.24, 2.45) is 13.0 Å². The number of rotatable bonds is 8. The molecule has 0 saturated heterocycles. The molecule has 5 rings (SSSR count). The van der Waals surface area contributed by atoms with Crippen molar-refractivity contribution in [3.63, 3.8) is 0 Å². The maximum Gasteiger partial charge on any atom is 0.252 e. The molecule has 1 fully saturated rings. The largest absolute Gasteiger partial charge is 0.474 e. The molecule has 38 heavy (non-hydrogen) atoms. The highest BCUT2D eigenvalue weighted by molar-refractivity contribution is 6.06. The van der Waals surface area contributed by atoms with Crippen molar-refractivity contribution in [1.82, 2.24) is 25.0 Å². The molecule has 0 unspecified atom stereocenters. The average Bonchev–Trinajstić information content (AvgIpc) is 3.16. The predicted octanol–water partition coefficient (Wildman–Crippen LogP) is 4.87. The van der Waals surface area contributed by atoms with Crippen LogP contribution in [0.4, 0.5) is 4.39 Å². The van der Waals surface area contributed by atoms with E-state index in [2.05, 4.69) is 26.4 Å². The number of benzene rings is 1. The number of carbonyl (C=O) groups excluding carboxylic acids is 1. The highest BCUT2D eigenvalue weighted by Gasteiger charge is 2.25. The van der Waals surface area contributed by atoms with Crippen molar-refractivity contribution in [1.29, 1.82) is 0 Å². The van der Waals surface area contributed by atoms with Crippen LogP contribution in [0, 0.1) is 5.92 Å². The van der Waals surface area contributed by atoms with Crippen molar-refractivity contribution in [2.75, 3.05) is 26.2 Å². The predicted molar refractivity (Wildman–Crippen MR) is 147 cm³/mol. The van der Waals surface area contributed by atoms with Crippen LogP contribution in [0.1, 0.15) is 67.6 Å². The summed E-state index contributed by atoms with van der Waals surface area (Å²) >= 11 is 0. The molecule has 3 heterocycles. The Hall–Kier alpha value is -3.00. The summed E-state index contributed by atoms with van der Waals surface area (Å²) in [6.45, 7) is 6.17. The highest BCUT2D eigenvalue weighted by Crippen LogP contribution is 2.28. The van der Waals surface area contributed by atoms with Gasteiger partial charge in [0.05, 0.1) is 11.1 Å². The maximum atomic E-state index is 13.8. The van der Waals surface area contributed by atoms with Gasteiger partial charge >= 0.3 is 0 Å². The Bertz CT molecular complexity index is 1260. The van der Waals surface area contributed by atoms with Crippen LogP contribution in [0.5, 0.6) is 5.88 Å². The van der Waals surface area contributed by atoms with Crippen molar-refractivity contribution < 1.29 is 13.9 Å². The van der Waals surface area contributed by atoms with E-state index in [-0.39, 0.29) is 18.6 Å². The molecule has 1 aliphatic heterocycles. The Kier molecular flexibility index (Phi) is 7.98. The number of nitrogens with zero attached hydrogens (tertiary/aromatic N) is 4. The fourth-order valence-electron chi connectivity index (χ4n) is 5.74. The molecule has 1 amide bonds. The van der Waals surface area contributed by atoms with Crippen LogP contribution in [-0.2, 0) is 19.9 Å². The van der Waals surface area contributed by atoms with Gasteiger partial charge in [-0.25, -0.2) is 9.37 Å². The van der Waals surface area contributed by atoms with Crippen molar-refractivity contribution in [3.8, 4) is 5.88 Å². The summed E-state index contributed by atoms with van der Waals surface area (Å²) in [6.07, 6.45) is 9.37. The molecule has 2 aromatic heterocycles. The topological polar surface area (TPSA) is 72.3 Å². The molecular formula is C30H40FN5O2. The second kappa shape index (κ2) is 11.4. The summed E-state index contributed by atoms with van der Waals surface area (Å²) in [6, 6.07) is 9.93. The number of amides is 1. The summed E-state index contributed by atoms with van der Waals surface area (Å²) in [5.41, 5.74) is 2.55. The molecule has 0 bridgehead atoms. The summed E-state index contributed by atoms with van der Waals surface area (Å²) in [7, 11) is 1.88. The molecule has 0 radical (unpaired) electrons. The Morgan fingerprint density at radius 2 is 1.92 bits per heavy atom. The number of carbonyl (C=O) groups is 1. The standard InChI is InChI=1S/C30H40FN5O2/c1-30(2,31)20-38-28-12-9-22-14-17-36(18-15-26(22)33-28)16-13-21-7-10-23(11-8-21)32-29(37)24-5-4-6-27-25(24)19-35(3)34-27/h4-6,9,12,19,21,23H,7-8,10-11,13-18,20H2,1-3H3,(H,32,37). The van der Waals surface area contributed by atoms with Gasteiger partial charge in [0.1, 0.15) is 12.3 Å². The first kappa shape index (κ1) is 26.6. The van der Waals surface area contributed by atoms with Crippen LogP contribution in [0.3, 0.4) is 0 Å². The van der Waals surface area contributed by atoms with Gasteiger partial charge in [-0.15, -0.1) is 0 Å². The minimum atomic E-state index is -1.37. The van der Waals surface area contributed by atoms with E-state index in [1.54, 1.807) is 4.68 Å². The van der Waals surface area contributed by atoms with E-state index < -0.39 is 5.67 Å². The van der Waals surface area contributed by atoms with Gasteiger partial charge in [0, 0.05) is 55.9 Å². The highest BCUT2D eigenvalue weighted by atomic mass is 19.1. The number of fused-ring (bicyclic) bond motifs is 2. The van der Waals surface area contributed by atoms with Crippen molar-refractivity contribution in [2.45, 2.75) is 70.5 Å². The number of alkyl halides is 1. The Labute approximate surface area is 224 Å². The molecule has 1 aromatic carbocycles. The third-order valence-corrected chi connectivity index (χ3v) is 7.91. The van der Waals surface area contributed by atoms with E-state index in [9.17, 15) is 9.18 Å². The second-order valence-electron chi connectivity index (χ2n) is 11.6. The molecule has 0 spiro atoms. The van der Waals surface area contributed by atoms with E-state index >= 15 is 0 Å². The van der Waals surface area contributed by atoms with Crippen molar-refractivity contribution in [3.05, 3.63) is 53.3 Å². The van der Waals surface area contributed by atoms with Gasteiger partial charge in [0.15, 0.2) is 0 Å². The molecule has 1 N–H and O–H groups in total. The lowest BCUT2D eigenvalue weighted by Crippen LogP contribution is -2.38. The zero-order chi connectivity index (χ0) is 26.7. The van der Waals surface area contributed by atoms with Gasteiger partial charge < -0.3 is 15.0 Å². The normalized spacial score (nSPS) is 20.6. The van der Waals surface area contributed by atoms with Crippen LogP contribution in [0.25, 0.3) is 10.9 Å². The first-order valence-electron chi connectivity index (χ1n) is 14.0. The van der Waals surface area contributed by atoms with E-state index in [0.29, 0.717) is 17.4 Å². The maximum absolute atomic E-state index is 13.8. The van der Waals surface area contributed by atoms with Crippen LogP contribution < -0.4 is 10.1 Å². The quantitative estimate of drug-likeness (QED) is 0.458. The number of hydrogen-bond donors (Lipinski definition) is 1. The van der Waals surface area contributed by atoms with Gasteiger partial charge in [-0.2, -0.15) is 5.10 Å². The van der Waals surface area contributed by atoms with E-state index in [1.165, 1.54) is 25.8 Å². The summed E-state index contributed by atoms with van der Waals surface area (Å²) in [5.74, 6) is 1.23. The lowest BCUT2D eigenvalue weighted by Gasteiger charge is -2.30. The van der Waals surface area contributed by atoms with Gasteiger partial charge in [-0.3, -0.25) is 9.48 Å². The first-order chi connectivity index (χ1) is 18.2. The number of ether oxygens (including phenoxy) is 1. The Morgan fingerprint density at radius 1 is 1.13 bits per heavy atom. The molecule has 1 saturated carbocycles. The van der Waals surface area contributed by atoms with Crippen molar-refractivity contribution >= 4 is 16.8 Å². The molecule has 2 aliphatic rings. The molecule has 204 valence electrons. The van der Waals surface area contributed by atoms with E-state index in [4.69, 9.17) is 4.74 Å². The third-order valence-electron chi connectivity index (χ3n) is 7.91. The Morgan fingerprint density at radius 3 is 2.71 bits per heavy atom. The molecule has 8 heteroatoms. The summed E-state index contributed by atoms with van der Waals surface area (Å²) in [4.78, 5) is 20.2. The van der Waals surface area contributed by atoms with Crippen LogP contribution >= 0.6 is 0 Å². The molecule has 0 atom stereocenters. The molecular weight excluding hydrogens is 481 g/mol. The fraction of sp³-hybridized carbons (Fsp3) is 0.567. The lowest BCUT2D eigenvalue weighted by atomic mass is 9.84. The van der Waals surface area contributed by atoms with E-state index in [1.807, 2.05) is 37.5 Å². The smallest absolute Gasteiger partial charge is 0.252 e. The minimum absolute atomic E-state index is 0.00626. The van der Waals surface area contributed by atoms with Gasteiger partial charge in [0.25, 0.3) is 5.91 Å². The minimum Gasteiger partial charge on any atom is -0.474 e. The van der Waals surface area contributed by atoms with Gasteiger partial charge in [0.2, 0.25) is 5.88 Å². The number of hydrogen-bond acceptors (Lipinski definition) is 5. The summed E-state index contributed by atoms with van der Waals surface area (Å²) < 4.78 is 21.1. The number of halogens is 1. The Balaban J connectivity index is 1.06. The van der Waals surface area contributed by atoms with Crippen LogP contribution in [-0.4, -0.2) is 63.5 Å².